The van der Waals surface area contributed by atoms with Crippen LogP contribution in [-0.4, -0.2) is 29.1 Å². The molecule has 1 saturated carbocycles. The van der Waals surface area contributed by atoms with E-state index in [2.05, 4.69) is 10.3 Å². The predicted molar refractivity (Wildman–Crippen MR) is 77.4 cm³/mol. The Balaban J connectivity index is 1.69. The Morgan fingerprint density at radius 1 is 1.25 bits per heavy atom. The van der Waals surface area contributed by atoms with Crippen molar-refractivity contribution in [3.8, 4) is 0 Å². The molecule has 1 heterocycles. The fourth-order valence-corrected chi connectivity index (χ4v) is 2.48. The number of fused-ring (bicyclic) bond motifs is 1. The summed E-state index contributed by atoms with van der Waals surface area (Å²) >= 11 is 0. The van der Waals surface area contributed by atoms with Crippen LogP contribution in [0.25, 0.3) is 10.9 Å². The largest absolute Gasteiger partial charge is 0.396 e. The van der Waals surface area contributed by atoms with E-state index >= 15 is 0 Å². The number of hydrogen-bond donors (Lipinski definition) is 2. The van der Waals surface area contributed by atoms with Gasteiger partial charge in [0.1, 0.15) is 5.69 Å². The summed E-state index contributed by atoms with van der Waals surface area (Å²) in [6.45, 7) is 0.811. The smallest absolute Gasteiger partial charge is 0.269 e. The van der Waals surface area contributed by atoms with Crippen molar-refractivity contribution in [3.05, 3.63) is 42.1 Å². The molecule has 1 aliphatic carbocycles. The topological polar surface area (TPSA) is 62.2 Å². The van der Waals surface area contributed by atoms with Crippen LogP contribution in [0.15, 0.2) is 36.4 Å². The first-order chi connectivity index (χ1) is 9.72. The number of amides is 1. The molecule has 2 aromatic rings. The van der Waals surface area contributed by atoms with Crippen molar-refractivity contribution in [2.24, 2.45) is 5.41 Å². The van der Waals surface area contributed by atoms with E-state index in [1.165, 1.54) is 0 Å². The maximum absolute atomic E-state index is 12.1. The van der Waals surface area contributed by atoms with Gasteiger partial charge in [-0.05, 0) is 36.8 Å². The Labute approximate surface area is 117 Å². The first kappa shape index (κ1) is 13.1. The Morgan fingerprint density at radius 3 is 2.80 bits per heavy atom. The number of aliphatic hydroxyl groups excluding tert-OH is 1. The molecule has 20 heavy (non-hydrogen) atoms. The van der Waals surface area contributed by atoms with E-state index in [9.17, 15) is 4.79 Å². The number of benzene rings is 1. The van der Waals surface area contributed by atoms with Crippen molar-refractivity contribution >= 4 is 16.8 Å². The van der Waals surface area contributed by atoms with Gasteiger partial charge in [-0.3, -0.25) is 4.79 Å². The maximum atomic E-state index is 12.1. The number of hydrogen-bond acceptors (Lipinski definition) is 3. The minimum Gasteiger partial charge on any atom is -0.396 e. The van der Waals surface area contributed by atoms with E-state index in [0.717, 1.165) is 30.2 Å². The quantitative estimate of drug-likeness (QED) is 0.875. The van der Waals surface area contributed by atoms with Gasteiger partial charge in [0.25, 0.3) is 5.91 Å². The highest BCUT2D eigenvalue weighted by atomic mass is 16.3. The van der Waals surface area contributed by atoms with Crippen molar-refractivity contribution in [1.82, 2.24) is 10.3 Å². The first-order valence-corrected chi connectivity index (χ1v) is 6.97. The lowest BCUT2D eigenvalue weighted by molar-refractivity contribution is 0.0936. The Kier molecular flexibility index (Phi) is 3.40. The SMILES string of the molecule is O=C(NCC1(CCO)CC1)c1ccc2ccccc2n1. The Bertz CT molecular complexity index is 635. The average Bonchev–Trinajstić information content (AvgIpc) is 3.25. The minimum absolute atomic E-state index is 0.126. The molecule has 0 bridgehead atoms. The lowest BCUT2D eigenvalue weighted by atomic mass is 10.0. The standard InChI is InChI=1S/C16H18N2O2/c19-10-9-16(7-8-16)11-17-15(20)14-6-5-12-3-1-2-4-13(12)18-14/h1-6,19H,7-11H2,(H,17,20). The second kappa shape index (κ2) is 5.21. The van der Waals surface area contributed by atoms with Gasteiger partial charge in [0.15, 0.2) is 0 Å². The summed E-state index contributed by atoms with van der Waals surface area (Å²) in [5.74, 6) is -0.139. The molecular formula is C16H18N2O2. The van der Waals surface area contributed by atoms with E-state index < -0.39 is 0 Å². The van der Waals surface area contributed by atoms with Gasteiger partial charge in [-0.2, -0.15) is 0 Å². The molecule has 104 valence electrons. The van der Waals surface area contributed by atoms with Gasteiger partial charge >= 0.3 is 0 Å². The molecule has 0 aliphatic heterocycles. The van der Waals surface area contributed by atoms with Crippen LogP contribution >= 0.6 is 0 Å². The number of pyridine rings is 1. The van der Waals surface area contributed by atoms with E-state index in [4.69, 9.17) is 5.11 Å². The zero-order valence-corrected chi connectivity index (χ0v) is 11.3. The second-order valence-electron chi connectivity index (χ2n) is 5.55. The molecule has 1 amide bonds. The average molecular weight is 270 g/mol. The predicted octanol–water partition coefficient (Wildman–Crippen LogP) is 2.13. The van der Waals surface area contributed by atoms with Crippen molar-refractivity contribution in [1.29, 1.82) is 0 Å². The summed E-state index contributed by atoms with van der Waals surface area (Å²) in [7, 11) is 0. The molecule has 0 unspecified atom stereocenters. The van der Waals surface area contributed by atoms with Crippen LogP contribution in [0.3, 0.4) is 0 Å². The summed E-state index contributed by atoms with van der Waals surface area (Å²) in [6, 6.07) is 11.4. The zero-order valence-electron chi connectivity index (χ0n) is 11.3. The zero-order chi connectivity index (χ0) is 14.0. The number of para-hydroxylation sites is 1. The molecule has 0 spiro atoms. The van der Waals surface area contributed by atoms with Crippen LogP contribution < -0.4 is 5.32 Å². The first-order valence-electron chi connectivity index (χ1n) is 6.97. The molecule has 0 saturated heterocycles. The fraction of sp³-hybridized carbons (Fsp3) is 0.375. The van der Waals surface area contributed by atoms with Crippen molar-refractivity contribution in [2.45, 2.75) is 19.3 Å². The molecule has 0 radical (unpaired) electrons. The van der Waals surface area contributed by atoms with Gasteiger partial charge in [-0.25, -0.2) is 4.98 Å². The van der Waals surface area contributed by atoms with Crippen LogP contribution in [-0.2, 0) is 0 Å². The third-order valence-electron chi connectivity index (χ3n) is 4.05. The lowest BCUT2D eigenvalue weighted by Crippen LogP contribution is -2.31. The van der Waals surface area contributed by atoms with Gasteiger partial charge < -0.3 is 10.4 Å². The van der Waals surface area contributed by atoms with Crippen molar-refractivity contribution < 1.29 is 9.90 Å². The lowest BCUT2D eigenvalue weighted by Gasteiger charge is -2.14. The van der Waals surface area contributed by atoms with Crippen molar-refractivity contribution in [3.63, 3.8) is 0 Å². The fourth-order valence-electron chi connectivity index (χ4n) is 2.48. The van der Waals surface area contributed by atoms with Crippen LogP contribution in [0.2, 0.25) is 0 Å². The molecule has 1 fully saturated rings. The summed E-state index contributed by atoms with van der Waals surface area (Å²) in [5, 5.41) is 13.0. The van der Waals surface area contributed by atoms with E-state index in [0.29, 0.717) is 12.2 Å². The normalized spacial score (nSPS) is 16.1. The summed E-state index contributed by atoms with van der Waals surface area (Å²) < 4.78 is 0. The molecule has 4 nitrogen and oxygen atoms in total. The highest BCUT2D eigenvalue weighted by Crippen LogP contribution is 2.47. The van der Waals surface area contributed by atoms with E-state index in [1.807, 2.05) is 30.3 Å². The van der Waals surface area contributed by atoms with Crippen LogP contribution in [0, 0.1) is 5.41 Å². The minimum atomic E-state index is -0.139. The van der Waals surface area contributed by atoms with Crippen LogP contribution in [0.4, 0.5) is 0 Å². The molecule has 1 aliphatic rings. The Morgan fingerprint density at radius 2 is 2.05 bits per heavy atom. The highest BCUT2D eigenvalue weighted by molar-refractivity contribution is 5.94. The molecule has 4 heteroatoms. The molecule has 3 rings (SSSR count). The molecule has 0 atom stereocenters. The summed E-state index contributed by atoms with van der Waals surface area (Å²) in [6.07, 6.45) is 2.93. The summed E-state index contributed by atoms with van der Waals surface area (Å²) in [4.78, 5) is 16.5. The monoisotopic (exact) mass is 270 g/mol. The maximum Gasteiger partial charge on any atom is 0.269 e. The molecule has 1 aromatic heterocycles. The third kappa shape index (κ3) is 2.65. The number of carbonyl (C=O) groups is 1. The number of aliphatic hydroxyl groups is 1. The Hall–Kier alpha value is -1.94. The van der Waals surface area contributed by atoms with Gasteiger partial charge in [-0.1, -0.05) is 24.3 Å². The molecule has 2 N–H and O–H groups in total. The van der Waals surface area contributed by atoms with E-state index in [-0.39, 0.29) is 17.9 Å². The second-order valence-corrected chi connectivity index (χ2v) is 5.55. The van der Waals surface area contributed by atoms with Gasteiger partial charge in [0.2, 0.25) is 0 Å². The molecular weight excluding hydrogens is 252 g/mol. The highest BCUT2D eigenvalue weighted by Gasteiger charge is 2.41. The number of carbonyl (C=O) groups excluding carboxylic acids is 1. The van der Waals surface area contributed by atoms with Crippen molar-refractivity contribution in [2.75, 3.05) is 13.2 Å². The number of rotatable bonds is 5. The number of aromatic nitrogens is 1. The van der Waals surface area contributed by atoms with Gasteiger partial charge in [0.05, 0.1) is 5.52 Å². The van der Waals surface area contributed by atoms with E-state index in [1.54, 1.807) is 6.07 Å². The van der Waals surface area contributed by atoms with Crippen LogP contribution in [0.1, 0.15) is 29.8 Å². The van der Waals surface area contributed by atoms with Gasteiger partial charge in [-0.15, -0.1) is 0 Å². The number of nitrogens with zero attached hydrogens (tertiary/aromatic N) is 1. The summed E-state index contributed by atoms with van der Waals surface area (Å²) in [5.41, 5.74) is 1.40. The van der Waals surface area contributed by atoms with Gasteiger partial charge in [0, 0.05) is 18.5 Å². The van der Waals surface area contributed by atoms with Crippen LogP contribution in [0.5, 0.6) is 0 Å². The third-order valence-corrected chi connectivity index (χ3v) is 4.05. The molecule has 1 aromatic carbocycles. The number of nitrogens with one attached hydrogen (secondary N) is 1.